The summed E-state index contributed by atoms with van der Waals surface area (Å²) in [5.41, 5.74) is 0. The van der Waals surface area contributed by atoms with Crippen LogP contribution >= 0.6 is 11.3 Å². The van der Waals surface area contributed by atoms with E-state index in [4.69, 9.17) is 9.97 Å². The fourth-order valence-electron chi connectivity index (χ4n) is 2.91. The maximum absolute atomic E-state index is 4.77. The Kier molecular flexibility index (Phi) is 3.20. The molecule has 0 amide bonds. The van der Waals surface area contributed by atoms with Gasteiger partial charge >= 0.3 is 0 Å². The molecule has 2 aromatic heterocycles. The fraction of sp³-hybridized carbons (Fsp3) is 0.571. The minimum atomic E-state index is 0.548. The summed E-state index contributed by atoms with van der Waals surface area (Å²) in [7, 11) is 1.94. The molecule has 0 bridgehead atoms. The van der Waals surface area contributed by atoms with Crippen molar-refractivity contribution in [2.75, 3.05) is 12.4 Å². The van der Waals surface area contributed by atoms with E-state index in [1.165, 1.54) is 25.7 Å². The van der Waals surface area contributed by atoms with E-state index in [1.54, 1.807) is 11.3 Å². The van der Waals surface area contributed by atoms with Gasteiger partial charge in [-0.3, -0.25) is 0 Å². The second kappa shape index (κ2) is 4.84. The van der Waals surface area contributed by atoms with Crippen molar-refractivity contribution in [2.45, 2.75) is 38.5 Å². The van der Waals surface area contributed by atoms with Crippen LogP contribution in [0.3, 0.4) is 0 Å². The number of hydrogen-bond donors (Lipinski definition) is 1. The van der Waals surface area contributed by atoms with Crippen molar-refractivity contribution in [1.29, 1.82) is 0 Å². The molecule has 1 fully saturated rings. The van der Waals surface area contributed by atoms with Crippen LogP contribution < -0.4 is 5.32 Å². The maximum atomic E-state index is 4.77. The van der Waals surface area contributed by atoms with E-state index in [2.05, 4.69) is 23.7 Å². The Hall–Kier alpha value is -1.16. The molecule has 1 saturated carbocycles. The van der Waals surface area contributed by atoms with Gasteiger partial charge in [0.1, 0.15) is 16.5 Å². The van der Waals surface area contributed by atoms with Crippen LogP contribution in [0, 0.1) is 5.92 Å². The quantitative estimate of drug-likeness (QED) is 0.887. The topological polar surface area (TPSA) is 37.8 Å². The van der Waals surface area contributed by atoms with Gasteiger partial charge in [-0.05, 0) is 30.2 Å². The Morgan fingerprint density at radius 2 is 2.22 bits per heavy atom. The monoisotopic (exact) mass is 261 g/mol. The molecule has 2 heterocycles. The van der Waals surface area contributed by atoms with Gasteiger partial charge in [0.25, 0.3) is 0 Å². The predicted molar refractivity (Wildman–Crippen MR) is 77.3 cm³/mol. The summed E-state index contributed by atoms with van der Waals surface area (Å²) in [6.07, 6.45) is 5.15. The van der Waals surface area contributed by atoms with E-state index in [9.17, 15) is 0 Å². The maximum Gasteiger partial charge on any atom is 0.138 e. The first-order chi connectivity index (χ1) is 8.78. The third-order valence-corrected chi connectivity index (χ3v) is 4.69. The minimum Gasteiger partial charge on any atom is -0.372 e. The molecule has 1 aliphatic rings. The molecule has 0 saturated heterocycles. The Balaban J connectivity index is 2.00. The van der Waals surface area contributed by atoms with Gasteiger partial charge < -0.3 is 5.32 Å². The van der Waals surface area contributed by atoms with Crippen molar-refractivity contribution in [3.63, 3.8) is 0 Å². The van der Waals surface area contributed by atoms with Crippen LogP contribution in [0.5, 0.6) is 0 Å². The van der Waals surface area contributed by atoms with Gasteiger partial charge in [0.15, 0.2) is 0 Å². The highest BCUT2D eigenvalue weighted by molar-refractivity contribution is 7.16. The largest absolute Gasteiger partial charge is 0.372 e. The van der Waals surface area contributed by atoms with E-state index < -0.39 is 0 Å². The molecule has 2 unspecified atom stereocenters. The predicted octanol–water partition coefficient (Wildman–Crippen LogP) is 4.03. The van der Waals surface area contributed by atoms with Crippen molar-refractivity contribution < 1.29 is 0 Å². The molecule has 1 aliphatic carbocycles. The lowest BCUT2D eigenvalue weighted by atomic mass is 9.82. The van der Waals surface area contributed by atoms with Gasteiger partial charge in [-0.1, -0.05) is 19.8 Å². The third-order valence-electron chi connectivity index (χ3n) is 3.88. The lowest BCUT2D eigenvalue weighted by molar-refractivity contribution is 0.336. The second-order valence-corrected chi connectivity index (χ2v) is 6.18. The van der Waals surface area contributed by atoms with Gasteiger partial charge in [-0.2, -0.15) is 0 Å². The first kappa shape index (κ1) is 11.9. The zero-order chi connectivity index (χ0) is 12.5. The number of nitrogens with one attached hydrogen (secondary N) is 1. The molecule has 0 aromatic carbocycles. The molecule has 2 aromatic rings. The van der Waals surface area contributed by atoms with Crippen LogP contribution in [0.2, 0.25) is 0 Å². The van der Waals surface area contributed by atoms with E-state index in [0.717, 1.165) is 27.8 Å². The number of hydrogen-bond acceptors (Lipinski definition) is 4. The minimum absolute atomic E-state index is 0.548. The second-order valence-electron chi connectivity index (χ2n) is 5.29. The summed E-state index contributed by atoms with van der Waals surface area (Å²) in [5.74, 6) is 3.38. The summed E-state index contributed by atoms with van der Waals surface area (Å²) >= 11 is 1.70. The first-order valence-corrected chi connectivity index (χ1v) is 7.58. The number of nitrogens with zero attached hydrogens (tertiary/aromatic N) is 2. The Morgan fingerprint density at radius 1 is 1.33 bits per heavy atom. The standard InChI is InChI=1S/C14H19N3S/c1-9-4-3-5-10(8-9)12-16-13(15-2)11-6-7-18-14(11)17-12/h6-7,9-10H,3-5,8H2,1-2H3,(H,15,16,17). The van der Waals surface area contributed by atoms with E-state index >= 15 is 0 Å². The van der Waals surface area contributed by atoms with Crippen molar-refractivity contribution in [2.24, 2.45) is 5.92 Å². The summed E-state index contributed by atoms with van der Waals surface area (Å²) < 4.78 is 0. The number of rotatable bonds is 2. The fourth-order valence-corrected chi connectivity index (χ4v) is 3.68. The SMILES string of the molecule is CNc1nc(C2CCCC(C)C2)nc2sccc12. The Morgan fingerprint density at radius 3 is 3.00 bits per heavy atom. The number of anilines is 1. The average molecular weight is 261 g/mol. The lowest BCUT2D eigenvalue weighted by Gasteiger charge is -2.25. The zero-order valence-electron chi connectivity index (χ0n) is 10.9. The van der Waals surface area contributed by atoms with Crippen LogP contribution in [0.1, 0.15) is 44.3 Å². The molecule has 4 heteroatoms. The van der Waals surface area contributed by atoms with Gasteiger partial charge in [0.05, 0.1) is 5.39 Å². The van der Waals surface area contributed by atoms with Crippen molar-refractivity contribution in [1.82, 2.24) is 9.97 Å². The van der Waals surface area contributed by atoms with Crippen molar-refractivity contribution >= 4 is 27.4 Å². The molecule has 18 heavy (non-hydrogen) atoms. The molecule has 0 aliphatic heterocycles. The van der Waals surface area contributed by atoms with Crippen molar-refractivity contribution in [3.8, 4) is 0 Å². The summed E-state index contributed by atoms with van der Waals surface area (Å²) in [6, 6.07) is 2.10. The molecule has 3 nitrogen and oxygen atoms in total. The van der Waals surface area contributed by atoms with Gasteiger partial charge in [-0.25, -0.2) is 9.97 Å². The summed E-state index contributed by atoms with van der Waals surface area (Å²) in [6.45, 7) is 2.34. The summed E-state index contributed by atoms with van der Waals surface area (Å²) in [5, 5.41) is 6.44. The normalized spacial score (nSPS) is 24.3. The van der Waals surface area contributed by atoms with Gasteiger partial charge in [0, 0.05) is 13.0 Å². The number of thiophene rings is 1. The van der Waals surface area contributed by atoms with E-state index in [-0.39, 0.29) is 0 Å². The van der Waals surface area contributed by atoms with Gasteiger partial charge in [0.2, 0.25) is 0 Å². The average Bonchev–Trinajstić information content (AvgIpc) is 2.85. The van der Waals surface area contributed by atoms with Crippen LogP contribution in [0.25, 0.3) is 10.2 Å². The highest BCUT2D eigenvalue weighted by atomic mass is 32.1. The molecular formula is C14H19N3S. The highest BCUT2D eigenvalue weighted by Gasteiger charge is 2.23. The molecule has 1 N–H and O–H groups in total. The summed E-state index contributed by atoms with van der Waals surface area (Å²) in [4.78, 5) is 10.6. The van der Waals surface area contributed by atoms with Crippen LogP contribution in [0.4, 0.5) is 5.82 Å². The Bertz CT molecular complexity index is 549. The number of fused-ring (bicyclic) bond motifs is 1. The van der Waals surface area contributed by atoms with Crippen LogP contribution in [-0.2, 0) is 0 Å². The van der Waals surface area contributed by atoms with Crippen molar-refractivity contribution in [3.05, 3.63) is 17.3 Å². The van der Waals surface area contributed by atoms with E-state index in [0.29, 0.717) is 5.92 Å². The Labute approximate surface area is 112 Å². The molecule has 2 atom stereocenters. The number of aromatic nitrogens is 2. The van der Waals surface area contributed by atoms with E-state index in [1.807, 2.05) is 7.05 Å². The first-order valence-electron chi connectivity index (χ1n) is 6.71. The molecular weight excluding hydrogens is 242 g/mol. The van der Waals surface area contributed by atoms with Crippen LogP contribution in [-0.4, -0.2) is 17.0 Å². The highest BCUT2D eigenvalue weighted by Crippen LogP contribution is 2.36. The molecule has 0 radical (unpaired) electrons. The van der Waals surface area contributed by atoms with Crippen LogP contribution in [0.15, 0.2) is 11.4 Å². The molecule has 0 spiro atoms. The zero-order valence-corrected chi connectivity index (χ0v) is 11.8. The third kappa shape index (κ3) is 2.09. The smallest absolute Gasteiger partial charge is 0.138 e. The molecule has 3 rings (SSSR count). The molecule has 96 valence electrons. The lowest BCUT2D eigenvalue weighted by Crippen LogP contribution is -2.14. The van der Waals surface area contributed by atoms with Gasteiger partial charge in [-0.15, -0.1) is 11.3 Å².